The Balaban J connectivity index is 1.97. The fourth-order valence-corrected chi connectivity index (χ4v) is 1.72. The van der Waals surface area contributed by atoms with Crippen LogP contribution in [0.4, 0.5) is 11.4 Å². The molecule has 0 fully saturated rings. The minimum absolute atomic E-state index is 0.0248. The fraction of sp³-hybridized carbons (Fsp3) is 0.231. The smallest absolute Gasteiger partial charge is 0.161 e. The van der Waals surface area contributed by atoms with Gasteiger partial charge in [0.15, 0.2) is 5.78 Å². The van der Waals surface area contributed by atoms with Crippen LogP contribution in [-0.4, -0.2) is 22.1 Å². The number of Topliss-reactive ketones (excluding diaryl/α,β-unsaturated/α-hetero) is 1. The minimum Gasteiger partial charge on any atom is -0.398 e. The Kier molecular flexibility index (Phi) is 3.62. The average molecular weight is 244 g/mol. The number of nitrogens with one attached hydrogen (secondary N) is 1. The van der Waals surface area contributed by atoms with Crippen LogP contribution >= 0.6 is 0 Å². The standard InChI is InChI=1S/C13H16N4O/c1-10(18)12-9-11(3-4-13(12)14)15-6-8-17-7-2-5-16-17/h2-5,7,9,15H,6,8,14H2,1H3. The molecule has 2 aromatic rings. The number of hydrogen-bond acceptors (Lipinski definition) is 4. The summed E-state index contributed by atoms with van der Waals surface area (Å²) in [5.74, 6) is -0.0248. The molecule has 0 unspecified atom stereocenters. The minimum atomic E-state index is -0.0248. The lowest BCUT2D eigenvalue weighted by molar-refractivity contribution is 0.101. The van der Waals surface area contributed by atoms with E-state index in [4.69, 9.17) is 5.73 Å². The molecule has 0 aliphatic carbocycles. The Bertz CT molecular complexity index is 534. The van der Waals surface area contributed by atoms with E-state index in [1.54, 1.807) is 18.3 Å². The summed E-state index contributed by atoms with van der Waals surface area (Å²) in [4.78, 5) is 11.4. The highest BCUT2D eigenvalue weighted by Gasteiger charge is 2.05. The molecule has 0 aliphatic rings. The normalized spacial score (nSPS) is 10.3. The van der Waals surface area contributed by atoms with E-state index in [-0.39, 0.29) is 5.78 Å². The summed E-state index contributed by atoms with van der Waals surface area (Å²) < 4.78 is 1.84. The van der Waals surface area contributed by atoms with Gasteiger partial charge in [-0.1, -0.05) is 0 Å². The lowest BCUT2D eigenvalue weighted by Gasteiger charge is -2.09. The van der Waals surface area contributed by atoms with Gasteiger partial charge in [0.25, 0.3) is 0 Å². The summed E-state index contributed by atoms with van der Waals surface area (Å²) in [6, 6.07) is 7.27. The molecule has 2 rings (SSSR count). The number of carbonyl (C=O) groups excluding carboxylic acids is 1. The van der Waals surface area contributed by atoms with Crippen molar-refractivity contribution >= 4 is 17.2 Å². The quantitative estimate of drug-likeness (QED) is 0.621. The Hall–Kier alpha value is -2.30. The van der Waals surface area contributed by atoms with Gasteiger partial charge in [-0.25, -0.2) is 0 Å². The van der Waals surface area contributed by atoms with Crippen molar-refractivity contribution in [2.75, 3.05) is 17.6 Å². The SMILES string of the molecule is CC(=O)c1cc(NCCn2cccn2)ccc1N. The Morgan fingerprint density at radius 2 is 2.33 bits per heavy atom. The number of ketones is 1. The van der Waals surface area contributed by atoms with E-state index in [0.29, 0.717) is 11.3 Å². The third kappa shape index (κ3) is 2.88. The molecule has 0 amide bonds. The van der Waals surface area contributed by atoms with Crippen molar-refractivity contribution in [3.63, 3.8) is 0 Å². The van der Waals surface area contributed by atoms with Crippen molar-refractivity contribution in [3.05, 3.63) is 42.2 Å². The molecule has 94 valence electrons. The van der Waals surface area contributed by atoms with Crippen LogP contribution in [0.5, 0.6) is 0 Å². The number of nitrogens with zero attached hydrogens (tertiary/aromatic N) is 2. The Morgan fingerprint density at radius 3 is 3.00 bits per heavy atom. The van der Waals surface area contributed by atoms with Gasteiger partial charge in [-0.05, 0) is 31.2 Å². The predicted molar refractivity (Wildman–Crippen MR) is 71.6 cm³/mol. The molecule has 3 N–H and O–H groups in total. The van der Waals surface area contributed by atoms with Crippen LogP contribution in [0.15, 0.2) is 36.7 Å². The van der Waals surface area contributed by atoms with Gasteiger partial charge in [0.2, 0.25) is 0 Å². The van der Waals surface area contributed by atoms with Gasteiger partial charge in [0.05, 0.1) is 6.54 Å². The summed E-state index contributed by atoms with van der Waals surface area (Å²) in [5.41, 5.74) is 7.69. The highest BCUT2D eigenvalue weighted by Crippen LogP contribution is 2.18. The molecule has 0 radical (unpaired) electrons. The monoisotopic (exact) mass is 244 g/mol. The van der Waals surface area contributed by atoms with Gasteiger partial charge < -0.3 is 11.1 Å². The molecule has 5 nitrogen and oxygen atoms in total. The summed E-state index contributed by atoms with van der Waals surface area (Å²) >= 11 is 0. The number of carbonyl (C=O) groups is 1. The third-order valence-electron chi connectivity index (χ3n) is 2.66. The summed E-state index contributed by atoms with van der Waals surface area (Å²) in [6.07, 6.45) is 3.66. The van der Waals surface area contributed by atoms with Crippen LogP contribution in [0.25, 0.3) is 0 Å². The van der Waals surface area contributed by atoms with Crippen molar-refractivity contribution in [1.29, 1.82) is 0 Å². The van der Waals surface area contributed by atoms with Gasteiger partial charge >= 0.3 is 0 Å². The summed E-state index contributed by atoms with van der Waals surface area (Å²) in [5, 5.41) is 7.35. The van der Waals surface area contributed by atoms with Crippen molar-refractivity contribution in [2.45, 2.75) is 13.5 Å². The van der Waals surface area contributed by atoms with E-state index in [1.165, 1.54) is 6.92 Å². The predicted octanol–water partition coefficient (Wildman–Crippen LogP) is 1.78. The maximum atomic E-state index is 11.4. The topological polar surface area (TPSA) is 72.9 Å². The first-order chi connectivity index (χ1) is 8.66. The molecule has 1 aromatic carbocycles. The number of nitrogen functional groups attached to an aromatic ring is 1. The number of hydrogen-bond donors (Lipinski definition) is 2. The molecule has 0 aliphatic heterocycles. The number of aromatic nitrogens is 2. The third-order valence-corrected chi connectivity index (χ3v) is 2.66. The first-order valence-corrected chi connectivity index (χ1v) is 5.78. The maximum Gasteiger partial charge on any atom is 0.161 e. The van der Waals surface area contributed by atoms with Crippen LogP contribution < -0.4 is 11.1 Å². The zero-order valence-corrected chi connectivity index (χ0v) is 10.3. The molecular weight excluding hydrogens is 228 g/mol. The largest absolute Gasteiger partial charge is 0.398 e. The molecule has 18 heavy (non-hydrogen) atoms. The highest BCUT2D eigenvalue weighted by molar-refractivity contribution is 5.99. The lowest BCUT2D eigenvalue weighted by Crippen LogP contribution is -2.11. The molecular formula is C13H16N4O. The lowest BCUT2D eigenvalue weighted by atomic mass is 10.1. The number of nitrogens with two attached hydrogens (primary N) is 1. The first-order valence-electron chi connectivity index (χ1n) is 5.78. The van der Waals surface area contributed by atoms with Gasteiger partial charge in [0.1, 0.15) is 0 Å². The van der Waals surface area contributed by atoms with Crippen molar-refractivity contribution in [2.24, 2.45) is 0 Å². The zero-order valence-electron chi connectivity index (χ0n) is 10.3. The number of anilines is 2. The number of benzene rings is 1. The molecule has 0 bridgehead atoms. The van der Waals surface area contributed by atoms with Crippen LogP contribution in [-0.2, 0) is 6.54 Å². The highest BCUT2D eigenvalue weighted by atomic mass is 16.1. The zero-order chi connectivity index (χ0) is 13.0. The Labute approximate surface area is 106 Å². The van der Waals surface area contributed by atoms with Gasteiger partial charge in [-0.2, -0.15) is 5.10 Å². The number of rotatable bonds is 5. The van der Waals surface area contributed by atoms with E-state index >= 15 is 0 Å². The van der Waals surface area contributed by atoms with Gasteiger partial charge in [-0.15, -0.1) is 0 Å². The molecule has 0 saturated carbocycles. The van der Waals surface area contributed by atoms with E-state index in [2.05, 4.69) is 10.4 Å². The molecule has 0 atom stereocenters. The van der Waals surface area contributed by atoms with E-state index in [0.717, 1.165) is 18.8 Å². The van der Waals surface area contributed by atoms with Crippen molar-refractivity contribution in [1.82, 2.24) is 9.78 Å². The van der Waals surface area contributed by atoms with Gasteiger partial charge in [0, 0.05) is 35.9 Å². The van der Waals surface area contributed by atoms with E-state index < -0.39 is 0 Å². The second-order valence-corrected chi connectivity index (χ2v) is 4.05. The van der Waals surface area contributed by atoms with Crippen LogP contribution in [0.2, 0.25) is 0 Å². The Morgan fingerprint density at radius 1 is 1.50 bits per heavy atom. The van der Waals surface area contributed by atoms with Crippen LogP contribution in [0.3, 0.4) is 0 Å². The van der Waals surface area contributed by atoms with E-state index in [1.807, 2.05) is 23.0 Å². The second kappa shape index (κ2) is 5.35. The van der Waals surface area contributed by atoms with Crippen LogP contribution in [0.1, 0.15) is 17.3 Å². The molecule has 1 aromatic heterocycles. The van der Waals surface area contributed by atoms with Gasteiger partial charge in [-0.3, -0.25) is 9.48 Å². The average Bonchev–Trinajstić information content (AvgIpc) is 2.84. The summed E-state index contributed by atoms with van der Waals surface area (Å²) in [6.45, 7) is 3.02. The second-order valence-electron chi connectivity index (χ2n) is 4.05. The van der Waals surface area contributed by atoms with Crippen LogP contribution in [0, 0.1) is 0 Å². The molecule has 0 spiro atoms. The van der Waals surface area contributed by atoms with E-state index in [9.17, 15) is 4.79 Å². The van der Waals surface area contributed by atoms with Crippen molar-refractivity contribution in [3.8, 4) is 0 Å². The molecule has 0 saturated heterocycles. The molecule has 1 heterocycles. The maximum absolute atomic E-state index is 11.4. The molecule has 5 heteroatoms. The summed E-state index contributed by atoms with van der Waals surface area (Å²) in [7, 11) is 0. The first kappa shape index (κ1) is 12.2. The van der Waals surface area contributed by atoms with Crippen molar-refractivity contribution < 1.29 is 4.79 Å². The fourth-order valence-electron chi connectivity index (χ4n) is 1.72.